The van der Waals surface area contributed by atoms with Gasteiger partial charge in [0.2, 0.25) is 0 Å². The summed E-state index contributed by atoms with van der Waals surface area (Å²) in [4.78, 5) is 0. The molecule has 0 aromatic carbocycles. The van der Waals surface area contributed by atoms with Gasteiger partial charge in [0.05, 0.1) is 35.6 Å². The molecular formula is C32H54O5. The van der Waals surface area contributed by atoms with Crippen LogP contribution in [0.2, 0.25) is 0 Å². The highest BCUT2D eigenvalue weighted by Crippen LogP contribution is 2.89. The van der Waals surface area contributed by atoms with Crippen LogP contribution >= 0.6 is 0 Å². The molecule has 6 fully saturated rings. The molecule has 5 nitrogen and oxygen atoms in total. The molecule has 1 heterocycles. The molecule has 1 saturated heterocycles. The Labute approximate surface area is 225 Å². The summed E-state index contributed by atoms with van der Waals surface area (Å²) in [5.74, 6) is 1.02. The van der Waals surface area contributed by atoms with E-state index in [4.69, 9.17) is 14.2 Å². The summed E-state index contributed by atoms with van der Waals surface area (Å²) in [7, 11) is 3.70. The fourth-order valence-electron chi connectivity index (χ4n) is 12.4. The minimum absolute atomic E-state index is 0.0878. The van der Waals surface area contributed by atoms with Gasteiger partial charge >= 0.3 is 0 Å². The van der Waals surface area contributed by atoms with Crippen LogP contribution in [-0.4, -0.2) is 60.1 Å². The van der Waals surface area contributed by atoms with E-state index in [9.17, 15) is 10.2 Å². The van der Waals surface area contributed by atoms with Gasteiger partial charge in [0.25, 0.3) is 0 Å². The first-order valence-corrected chi connectivity index (χ1v) is 15.2. The lowest BCUT2D eigenvalue weighted by Crippen LogP contribution is -2.62. The van der Waals surface area contributed by atoms with Crippen molar-refractivity contribution in [2.45, 2.75) is 142 Å². The third-order valence-electron chi connectivity index (χ3n) is 14.6. The monoisotopic (exact) mass is 518 g/mol. The Bertz CT molecular complexity index is 947. The van der Waals surface area contributed by atoms with Crippen LogP contribution < -0.4 is 0 Å². The average molecular weight is 519 g/mol. The van der Waals surface area contributed by atoms with Gasteiger partial charge in [-0.05, 0) is 117 Å². The molecule has 2 spiro atoms. The number of aliphatic hydroxyl groups is 2. The van der Waals surface area contributed by atoms with Gasteiger partial charge in [0.15, 0.2) is 0 Å². The number of methoxy groups -OCH3 is 2. The van der Waals surface area contributed by atoms with Gasteiger partial charge in [-0.2, -0.15) is 0 Å². The van der Waals surface area contributed by atoms with Crippen LogP contribution in [0.4, 0.5) is 0 Å². The molecule has 5 saturated carbocycles. The molecule has 0 aromatic heterocycles. The van der Waals surface area contributed by atoms with E-state index in [2.05, 4.69) is 48.5 Å². The Morgan fingerprint density at radius 3 is 2.19 bits per heavy atom. The van der Waals surface area contributed by atoms with Crippen molar-refractivity contribution in [3.8, 4) is 0 Å². The van der Waals surface area contributed by atoms with Gasteiger partial charge in [-0.15, -0.1) is 0 Å². The minimum Gasteiger partial charge on any atom is -0.393 e. The predicted octanol–water partition coefficient (Wildman–Crippen LogP) is 5.74. The van der Waals surface area contributed by atoms with E-state index in [0.717, 1.165) is 38.5 Å². The van der Waals surface area contributed by atoms with Gasteiger partial charge in [-0.3, -0.25) is 0 Å². The van der Waals surface area contributed by atoms with Gasteiger partial charge in [0, 0.05) is 20.1 Å². The van der Waals surface area contributed by atoms with Gasteiger partial charge < -0.3 is 24.4 Å². The first kappa shape index (κ1) is 27.0. The summed E-state index contributed by atoms with van der Waals surface area (Å²) in [6.45, 7) is 16.2. The van der Waals surface area contributed by atoms with E-state index in [1.807, 2.05) is 7.11 Å². The maximum absolute atomic E-state index is 11.8. The number of hydrogen-bond donors (Lipinski definition) is 2. The van der Waals surface area contributed by atoms with Crippen LogP contribution in [0.25, 0.3) is 0 Å². The van der Waals surface area contributed by atoms with E-state index < -0.39 is 0 Å². The van der Waals surface area contributed by atoms with Crippen molar-refractivity contribution in [3.63, 3.8) is 0 Å². The molecule has 1 aliphatic heterocycles. The van der Waals surface area contributed by atoms with E-state index >= 15 is 0 Å². The fourth-order valence-corrected chi connectivity index (χ4v) is 12.4. The fraction of sp³-hybridized carbons (Fsp3) is 1.00. The van der Waals surface area contributed by atoms with Crippen molar-refractivity contribution in [1.29, 1.82) is 0 Å². The Balaban J connectivity index is 1.37. The summed E-state index contributed by atoms with van der Waals surface area (Å²) in [5, 5.41) is 22.8. The summed E-state index contributed by atoms with van der Waals surface area (Å²) in [6.07, 6.45) is 9.23. The lowest BCUT2D eigenvalue weighted by molar-refractivity contribution is -0.215. The van der Waals surface area contributed by atoms with E-state index in [1.165, 1.54) is 19.3 Å². The van der Waals surface area contributed by atoms with Crippen LogP contribution in [-0.2, 0) is 14.2 Å². The molecule has 6 rings (SSSR count). The molecule has 6 aliphatic rings. The van der Waals surface area contributed by atoms with E-state index in [-0.39, 0.29) is 63.2 Å². The summed E-state index contributed by atoms with van der Waals surface area (Å²) < 4.78 is 19.2. The molecule has 0 radical (unpaired) electrons. The largest absolute Gasteiger partial charge is 0.393 e. The van der Waals surface area contributed by atoms with Gasteiger partial charge in [0.1, 0.15) is 0 Å². The van der Waals surface area contributed by atoms with Crippen molar-refractivity contribution in [1.82, 2.24) is 0 Å². The highest BCUT2D eigenvalue weighted by atomic mass is 16.6. The zero-order valence-electron chi connectivity index (χ0n) is 25.0. The molecular weight excluding hydrogens is 464 g/mol. The van der Waals surface area contributed by atoms with Crippen molar-refractivity contribution in [3.05, 3.63) is 0 Å². The molecule has 212 valence electrons. The van der Waals surface area contributed by atoms with Crippen molar-refractivity contribution < 1.29 is 24.4 Å². The Hall–Kier alpha value is -0.200. The second-order valence-corrected chi connectivity index (χ2v) is 16.3. The normalized spacial score (nSPS) is 58.3. The summed E-state index contributed by atoms with van der Waals surface area (Å²) >= 11 is 0. The zero-order valence-corrected chi connectivity index (χ0v) is 25.0. The Morgan fingerprint density at radius 2 is 1.54 bits per heavy atom. The van der Waals surface area contributed by atoms with Crippen LogP contribution in [0.15, 0.2) is 0 Å². The summed E-state index contributed by atoms with van der Waals surface area (Å²) in [6, 6.07) is 0. The number of rotatable bonds is 4. The lowest BCUT2D eigenvalue weighted by Gasteiger charge is -2.64. The molecule has 5 heteroatoms. The first-order valence-electron chi connectivity index (χ1n) is 15.2. The minimum atomic E-state index is -0.338. The molecule has 0 amide bonds. The van der Waals surface area contributed by atoms with Crippen LogP contribution in [0.5, 0.6) is 0 Å². The Morgan fingerprint density at radius 1 is 0.838 bits per heavy atom. The van der Waals surface area contributed by atoms with Crippen LogP contribution in [0.3, 0.4) is 0 Å². The smallest absolute Gasteiger partial charge is 0.0883 e. The molecule has 2 N–H and O–H groups in total. The molecule has 5 aliphatic carbocycles. The molecule has 0 unspecified atom stereocenters. The van der Waals surface area contributed by atoms with Crippen LogP contribution in [0, 0.1) is 44.8 Å². The molecule has 37 heavy (non-hydrogen) atoms. The van der Waals surface area contributed by atoms with Gasteiger partial charge in [-0.25, -0.2) is 0 Å². The lowest BCUT2D eigenvalue weighted by atomic mass is 9.41. The molecule has 0 bridgehead atoms. The molecule has 12 atom stereocenters. The number of fused-ring (bicyclic) bond motifs is 2. The second-order valence-electron chi connectivity index (χ2n) is 16.3. The SMILES string of the molecule is CO[C@H]1C[C@@]2(C)[C@@H]3C[C@H](O)[C@H]4C(C)(C)[C@@H](O)CC[C@@]45C[C@@]35CC[C@]2(C)[C@H]1[C@@]1(C)CC[C@@H](C(C)(C)OC)O1. The maximum Gasteiger partial charge on any atom is 0.0883 e. The summed E-state index contributed by atoms with van der Waals surface area (Å²) in [5.41, 5.74) is -0.0846. The zero-order chi connectivity index (χ0) is 27.0. The van der Waals surface area contributed by atoms with Crippen LogP contribution in [0.1, 0.15) is 106 Å². The maximum atomic E-state index is 11.8. The second kappa shape index (κ2) is 7.75. The highest BCUT2D eigenvalue weighted by molar-refractivity contribution is 5.33. The van der Waals surface area contributed by atoms with Gasteiger partial charge in [-0.1, -0.05) is 27.7 Å². The topological polar surface area (TPSA) is 68.2 Å². The number of aliphatic hydroxyl groups excluding tert-OH is 2. The van der Waals surface area contributed by atoms with Crippen molar-refractivity contribution in [2.75, 3.05) is 14.2 Å². The first-order chi connectivity index (χ1) is 17.1. The van der Waals surface area contributed by atoms with Crippen molar-refractivity contribution in [2.24, 2.45) is 44.8 Å². The average Bonchev–Trinajstić information content (AvgIpc) is 3.16. The van der Waals surface area contributed by atoms with E-state index in [1.54, 1.807) is 7.11 Å². The quantitative estimate of drug-likeness (QED) is 0.496. The highest BCUT2D eigenvalue weighted by Gasteiger charge is 2.84. The number of ether oxygens (including phenoxy) is 3. The van der Waals surface area contributed by atoms with E-state index in [0.29, 0.717) is 17.3 Å². The van der Waals surface area contributed by atoms with Crippen molar-refractivity contribution >= 4 is 0 Å². The third kappa shape index (κ3) is 3.05. The molecule has 0 aromatic rings. The Kier molecular flexibility index (Phi) is 5.65. The third-order valence-corrected chi connectivity index (χ3v) is 14.6. The standard InChI is InChI=1S/C32H54O5/c1-26(2)22(34)10-13-32-18-31(32)15-14-28(5)25(30(7)12-11-23(37-30)27(3,4)36-9)20(35-8)17-29(28,6)21(31)16-19(33)24(26)32/h19-25,33-34H,10-18H2,1-9H3/t19-,20-,21-,22-,23-,24-,25-,28+,29-,30+,31-,32+/m0/s1. The predicted molar refractivity (Wildman–Crippen MR) is 144 cm³/mol. The number of hydrogen-bond acceptors (Lipinski definition) is 5.